The number of carbonyl (C=O) groups excluding carboxylic acids is 1. The number of carbonyl (C=O) groups is 2. The number of nitrogens with zero attached hydrogens (tertiary/aromatic N) is 2. The summed E-state index contributed by atoms with van der Waals surface area (Å²) in [7, 11) is 0. The SMILES string of the molecule is O=C(NCc1csc(-c2ccco2)n1)N1C[C@@H]2CCC[C@@]2(C(=O)O)C1. The molecule has 4 rings (SSSR count). The van der Waals surface area contributed by atoms with Crippen molar-refractivity contribution in [3.8, 4) is 10.8 Å². The van der Waals surface area contributed by atoms with E-state index in [4.69, 9.17) is 4.42 Å². The lowest BCUT2D eigenvalue weighted by molar-refractivity contribution is -0.149. The molecule has 0 radical (unpaired) electrons. The molecule has 2 fully saturated rings. The van der Waals surface area contributed by atoms with E-state index in [0.717, 1.165) is 23.5 Å². The van der Waals surface area contributed by atoms with Gasteiger partial charge in [-0.1, -0.05) is 6.42 Å². The Morgan fingerprint density at radius 3 is 3.12 bits per heavy atom. The third-order valence-electron chi connectivity index (χ3n) is 5.29. The zero-order valence-electron chi connectivity index (χ0n) is 13.6. The third kappa shape index (κ3) is 2.80. The molecular weight excluding hydrogens is 342 g/mol. The van der Waals surface area contributed by atoms with Gasteiger partial charge in [0.15, 0.2) is 10.8 Å². The number of amides is 2. The van der Waals surface area contributed by atoms with Gasteiger partial charge < -0.3 is 19.7 Å². The maximum atomic E-state index is 12.4. The summed E-state index contributed by atoms with van der Waals surface area (Å²) in [6.07, 6.45) is 4.07. The molecule has 2 atom stereocenters. The van der Waals surface area contributed by atoms with E-state index in [1.54, 1.807) is 17.2 Å². The second-order valence-electron chi connectivity index (χ2n) is 6.71. The number of furan rings is 1. The number of hydrogen-bond acceptors (Lipinski definition) is 5. The van der Waals surface area contributed by atoms with Gasteiger partial charge in [0.2, 0.25) is 0 Å². The predicted molar refractivity (Wildman–Crippen MR) is 91.0 cm³/mol. The van der Waals surface area contributed by atoms with Gasteiger partial charge in [-0.2, -0.15) is 0 Å². The third-order valence-corrected chi connectivity index (χ3v) is 6.19. The van der Waals surface area contributed by atoms with Crippen molar-refractivity contribution in [2.75, 3.05) is 13.1 Å². The van der Waals surface area contributed by atoms with Gasteiger partial charge >= 0.3 is 12.0 Å². The standard InChI is InChI=1S/C17H19N3O4S/c21-15(22)17-5-1-3-11(17)8-20(10-17)16(23)18-7-12-9-25-14(19-12)13-4-2-6-24-13/h2,4,6,9,11H,1,3,5,7-8,10H2,(H,18,23)(H,21,22)/t11-,17+/m0/s1. The molecule has 0 unspecified atom stereocenters. The average Bonchev–Trinajstić information content (AvgIpc) is 3.34. The van der Waals surface area contributed by atoms with Crippen molar-refractivity contribution in [2.45, 2.75) is 25.8 Å². The molecule has 1 aliphatic carbocycles. The number of hydrogen-bond donors (Lipinski definition) is 2. The van der Waals surface area contributed by atoms with Gasteiger partial charge in [-0.25, -0.2) is 9.78 Å². The van der Waals surface area contributed by atoms with E-state index in [9.17, 15) is 14.7 Å². The van der Waals surface area contributed by atoms with Crippen molar-refractivity contribution < 1.29 is 19.1 Å². The zero-order chi connectivity index (χ0) is 17.4. The van der Waals surface area contributed by atoms with Crippen LogP contribution in [0, 0.1) is 11.3 Å². The van der Waals surface area contributed by atoms with Crippen LogP contribution in [-0.2, 0) is 11.3 Å². The highest BCUT2D eigenvalue weighted by Gasteiger charge is 2.55. The molecule has 2 aromatic rings. The summed E-state index contributed by atoms with van der Waals surface area (Å²) in [4.78, 5) is 30.2. The second-order valence-corrected chi connectivity index (χ2v) is 7.57. The fraction of sp³-hybridized carbons (Fsp3) is 0.471. The van der Waals surface area contributed by atoms with E-state index in [0.29, 0.717) is 31.8 Å². The van der Waals surface area contributed by atoms with E-state index >= 15 is 0 Å². The maximum Gasteiger partial charge on any atom is 0.317 e. The summed E-state index contributed by atoms with van der Waals surface area (Å²) in [5.41, 5.74) is 0.0156. The van der Waals surface area contributed by atoms with Crippen molar-refractivity contribution in [1.29, 1.82) is 0 Å². The van der Waals surface area contributed by atoms with Gasteiger partial charge in [0.1, 0.15) is 0 Å². The Kier molecular flexibility index (Phi) is 3.99. The summed E-state index contributed by atoms with van der Waals surface area (Å²) in [6.45, 7) is 1.14. The molecule has 3 heterocycles. The number of aliphatic carboxylic acids is 1. The molecule has 8 heteroatoms. The van der Waals surface area contributed by atoms with Crippen molar-refractivity contribution in [3.63, 3.8) is 0 Å². The highest BCUT2D eigenvalue weighted by Crippen LogP contribution is 2.48. The molecule has 1 aliphatic heterocycles. The molecule has 2 amide bonds. The molecule has 1 saturated carbocycles. The molecular formula is C17H19N3O4S. The highest BCUT2D eigenvalue weighted by atomic mass is 32.1. The second kappa shape index (κ2) is 6.18. The number of rotatable bonds is 4. The van der Waals surface area contributed by atoms with Crippen LogP contribution >= 0.6 is 11.3 Å². The number of carboxylic acid groups (broad SMARTS) is 1. The van der Waals surface area contributed by atoms with Gasteiger partial charge in [0.25, 0.3) is 0 Å². The number of urea groups is 1. The topological polar surface area (TPSA) is 95.7 Å². The van der Waals surface area contributed by atoms with Crippen LogP contribution in [0.15, 0.2) is 28.2 Å². The molecule has 0 aromatic carbocycles. The fourth-order valence-electron chi connectivity index (χ4n) is 3.97. The van der Waals surface area contributed by atoms with Crippen molar-refractivity contribution >= 4 is 23.3 Å². The van der Waals surface area contributed by atoms with Crippen LogP contribution in [0.5, 0.6) is 0 Å². The van der Waals surface area contributed by atoms with Crippen LogP contribution in [-0.4, -0.2) is 40.1 Å². The first-order chi connectivity index (χ1) is 12.1. The number of carboxylic acids is 1. The summed E-state index contributed by atoms with van der Waals surface area (Å²) < 4.78 is 5.31. The van der Waals surface area contributed by atoms with E-state index in [1.165, 1.54) is 11.3 Å². The Morgan fingerprint density at radius 2 is 2.40 bits per heavy atom. The minimum absolute atomic E-state index is 0.0700. The molecule has 2 N–H and O–H groups in total. The van der Waals surface area contributed by atoms with Gasteiger partial charge in [-0.05, 0) is 30.9 Å². The van der Waals surface area contributed by atoms with Gasteiger partial charge in [0, 0.05) is 18.5 Å². The Hall–Kier alpha value is -2.35. The highest BCUT2D eigenvalue weighted by molar-refractivity contribution is 7.13. The van der Waals surface area contributed by atoms with Gasteiger partial charge in [-0.3, -0.25) is 4.79 Å². The zero-order valence-corrected chi connectivity index (χ0v) is 14.4. The summed E-state index contributed by atoms with van der Waals surface area (Å²) in [5, 5.41) is 15.1. The molecule has 0 bridgehead atoms. The number of likely N-dealkylation sites (tertiary alicyclic amines) is 1. The number of nitrogens with one attached hydrogen (secondary N) is 1. The smallest absolute Gasteiger partial charge is 0.317 e. The van der Waals surface area contributed by atoms with Crippen LogP contribution in [0.2, 0.25) is 0 Å². The Labute approximate surface area is 148 Å². The summed E-state index contributed by atoms with van der Waals surface area (Å²) in [5.74, 6) is 0.00631. The van der Waals surface area contributed by atoms with Crippen LogP contribution in [0.4, 0.5) is 4.79 Å². The molecule has 2 aliphatic rings. The maximum absolute atomic E-state index is 12.4. The van der Waals surface area contributed by atoms with Crippen molar-refractivity contribution in [2.24, 2.45) is 11.3 Å². The average molecular weight is 361 g/mol. The van der Waals surface area contributed by atoms with Crippen LogP contribution in [0.1, 0.15) is 25.0 Å². The first-order valence-electron chi connectivity index (χ1n) is 8.33. The molecule has 0 spiro atoms. The quantitative estimate of drug-likeness (QED) is 0.873. The molecule has 132 valence electrons. The molecule has 2 aromatic heterocycles. The van der Waals surface area contributed by atoms with E-state index in [2.05, 4.69) is 10.3 Å². The Balaban J connectivity index is 1.36. The predicted octanol–water partition coefficient (Wildman–Crippen LogP) is 2.80. The minimum atomic E-state index is -0.770. The Bertz CT molecular complexity index is 788. The van der Waals surface area contributed by atoms with Crippen molar-refractivity contribution in [1.82, 2.24) is 15.2 Å². The number of aromatic nitrogens is 1. The van der Waals surface area contributed by atoms with E-state index in [1.807, 2.05) is 11.4 Å². The largest absolute Gasteiger partial charge is 0.481 e. The summed E-state index contributed by atoms with van der Waals surface area (Å²) in [6, 6.07) is 3.43. The normalized spacial score (nSPS) is 25.1. The van der Waals surface area contributed by atoms with Crippen LogP contribution in [0.25, 0.3) is 10.8 Å². The van der Waals surface area contributed by atoms with Crippen molar-refractivity contribution in [3.05, 3.63) is 29.5 Å². The van der Waals surface area contributed by atoms with Crippen LogP contribution in [0.3, 0.4) is 0 Å². The number of thiazole rings is 1. The van der Waals surface area contributed by atoms with E-state index < -0.39 is 11.4 Å². The van der Waals surface area contributed by atoms with Gasteiger partial charge in [0.05, 0.1) is 23.9 Å². The summed E-state index contributed by atoms with van der Waals surface area (Å²) >= 11 is 1.46. The number of fused-ring (bicyclic) bond motifs is 1. The lowest BCUT2D eigenvalue weighted by Gasteiger charge is -2.23. The van der Waals surface area contributed by atoms with E-state index in [-0.39, 0.29) is 11.9 Å². The minimum Gasteiger partial charge on any atom is -0.481 e. The molecule has 25 heavy (non-hydrogen) atoms. The molecule has 1 saturated heterocycles. The molecule has 7 nitrogen and oxygen atoms in total. The Morgan fingerprint density at radius 1 is 1.52 bits per heavy atom. The first kappa shape index (κ1) is 16.1. The first-order valence-corrected chi connectivity index (χ1v) is 9.21. The monoisotopic (exact) mass is 361 g/mol. The lowest BCUT2D eigenvalue weighted by Crippen LogP contribution is -2.41. The van der Waals surface area contributed by atoms with Crippen LogP contribution < -0.4 is 5.32 Å². The fourth-order valence-corrected chi connectivity index (χ4v) is 4.76. The van der Waals surface area contributed by atoms with Gasteiger partial charge in [-0.15, -0.1) is 11.3 Å². The lowest BCUT2D eigenvalue weighted by atomic mass is 9.81.